The van der Waals surface area contributed by atoms with Crippen molar-refractivity contribution in [3.63, 3.8) is 0 Å². The molecule has 3 rings (SSSR count). The third-order valence-corrected chi connectivity index (χ3v) is 4.70. The second-order valence-electron chi connectivity index (χ2n) is 5.90. The molecule has 1 aliphatic rings. The van der Waals surface area contributed by atoms with Crippen LogP contribution in [0.3, 0.4) is 0 Å². The van der Waals surface area contributed by atoms with Crippen molar-refractivity contribution < 1.29 is 0 Å². The molecule has 0 spiro atoms. The molecule has 0 heterocycles. The van der Waals surface area contributed by atoms with Gasteiger partial charge in [-0.25, -0.2) is 0 Å². The molecule has 0 aliphatic heterocycles. The molecule has 2 heteroatoms. The maximum absolute atomic E-state index is 6.61. The van der Waals surface area contributed by atoms with E-state index in [1.54, 1.807) is 0 Å². The van der Waals surface area contributed by atoms with E-state index in [1.807, 2.05) is 0 Å². The zero-order valence-electron chi connectivity index (χ0n) is 12.9. The first kappa shape index (κ1) is 14.2. The lowest BCUT2D eigenvalue weighted by Crippen LogP contribution is -2.45. The summed E-state index contributed by atoms with van der Waals surface area (Å²) < 4.78 is 0. The van der Waals surface area contributed by atoms with Gasteiger partial charge in [-0.05, 0) is 49.4 Å². The average molecular weight is 280 g/mol. The summed E-state index contributed by atoms with van der Waals surface area (Å²) in [5, 5.41) is 0. The van der Waals surface area contributed by atoms with Gasteiger partial charge in [0.05, 0.1) is 6.04 Å². The van der Waals surface area contributed by atoms with Crippen molar-refractivity contribution >= 4 is 5.69 Å². The van der Waals surface area contributed by atoms with Gasteiger partial charge >= 0.3 is 0 Å². The number of benzene rings is 2. The first-order valence-corrected chi connectivity index (χ1v) is 7.88. The Morgan fingerprint density at radius 2 is 1.81 bits per heavy atom. The molecule has 1 aliphatic carbocycles. The summed E-state index contributed by atoms with van der Waals surface area (Å²) in [6.45, 7) is 5.39. The zero-order chi connectivity index (χ0) is 14.8. The Kier molecular flexibility index (Phi) is 3.98. The van der Waals surface area contributed by atoms with Crippen LogP contribution >= 0.6 is 0 Å². The van der Waals surface area contributed by atoms with Crippen LogP contribution in [0.25, 0.3) is 0 Å². The molecule has 2 atom stereocenters. The highest BCUT2D eigenvalue weighted by Gasteiger charge is 2.30. The number of nitrogens with two attached hydrogens (primary N) is 1. The van der Waals surface area contributed by atoms with Crippen LogP contribution in [0.15, 0.2) is 48.5 Å². The number of para-hydroxylation sites is 1. The lowest BCUT2D eigenvalue weighted by Gasteiger charge is -2.41. The topological polar surface area (TPSA) is 29.3 Å². The predicted molar refractivity (Wildman–Crippen MR) is 89.7 cm³/mol. The lowest BCUT2D eigenvalue weighted by molar-refractivity contribution is 0.448. The van der Waals surface area contributed by atoms with Crippen molar-refractivity contribution in [2.45, 2.75) is 38.8 Å². The first-order valence-electron chi connectivity index (χ1n) is 7.88. The van der Waals surface area contributed by atoms with Crippen LogP contribution in [0.5, 0.6) is 0 Å². The van der Waals surface area contributed by atoms with E-state index in [-0.39, 0.29) is 6.04 Å². The monoisotopic (exact) mass is 280 g/mol. The highest BCUT2D eigenvalue weighted by atomic mass is 15.2. The molecule has 0 fully saturated rings. The fourth-order valence-corrected chi connectivity index (χ4v) is 3.60. The van der Waals surface area contributed by atoms with Crippen molar-refractivity contribution in [1.82, 2.24) is 0 Å². The van der Waals surface area contributed by atoms with Crippen molar-refractivity contribution in [2.75, 3.05) is 11.4 Å². The number of fused-ring (bicyclic) bond motifs is 1. The van der Waals surface area contributed by atoms with Gasteiger partial charge in [-0.15, -0.1) is 0 Å². The van der Waals surface area contributed by atoms with E-state index in [9.17, 15) is 0 Å². The molecule has 2 unspecified atom stereocenters. The van der Waals surface area contributed by atoms with Gasteiger partial charge in [0.1, 0.15) is 0 Å². The molecule has 2 aromatic rings. The molecule has 0 aromatic heterocycles. The fraction of sp³-hybridized carbons (Fsp3) is 0.368. The first-order chi connectivity index (χ1) is 10.2. The number of likely N-dealkylation sites (N-methyl/N-ethyl adjacent to an activating group) is 1. The molecule has 110 valence electrons. The minimum atomic E-state index is 0.0921. The molecule has 2 nitrogen and oxygen atoms in total. The minimum absolute atomic E-state index is 0.0921. The van der Waals surface area contributed by atoms with Crippen molar-refractivity contribution in [3.8, 4) is 0 Å². The van der Waals surface area contributed by atoms with Crippen LogP contribution in [0.2, 0.25) is 0 Å². The molecule has 0 saturated heterocycles. The third-order valence-electron chi connectivity index (χ3n) is 4.70. The van der Waals surface area contributed by atoms with E-state index in [1.165, 1.54) is 22.4 Å². The Balaban J connectivity index is 1.95. The molecule has 0 amide bonds. The molecular formula is C19H24N2. The Hall–Kier alpha value is -1.80. The van der Waals surface area contributed by atoms with Gasteiger partial charge in [0.15, 0.2) is 0 Å². The van der Waals surface area contributed by atoms with Crippen LogP contribution in [0.4, 0.5) is 5.69 Å². The number of nitrogens with zero attached hydrogens (tertiary/aromatic N) is 1. The summed E-state index contributed by atoms with van der Waals surface area (Å²) in [4.78, 5) is 2.48. The maximum atomic E-state index is 6.61. The van der Waals surface area contributed by atoms with E-state index in [0.717, 1.165) is 19.4 Å². The maximum Gasteiger partial charge on any atom is 0.0504 e. The van der Waals surface area contributed by atoms with Crippen molar-refractivity contribution in [1.29, 1.82) is 0 Å². The highest BCUT2D eigenvalue weighted by Crippen LogP contribution is 2.34. The summed E-state index contributed by atoms with van der Waals surface area (Å²) in [6.07, 6.45) is 2.25. The van der Waals surface area contributed by atoms with Crippen molar-refractivity contribution in [3.05, 3.63) is 65.2 Å². The number of hydrogen-bond acceptors (Lipinski definition) is 2. The smallest absolute Gasteiger partial charge is 0.0504 e. The Morgan fingerprint density at radius 3 is 2.57 bits per heavy atom. The Morgan fingerprint density at radius 1 is 1.10 bits per heavy atom. The van der Waals surface area contributed by atoms with E-state index < -0.39 is 0 Å². The van der Waals surface area contributed by atoms with E-state index in [2.05, 4.69) is 67.3 Å². The standard InChI is InChI=1S/C19H24N2/c1-3-21(17-11-7-4-8-14(17)2)18-13-12-15-9-5-6-10-16(15)19(18)20/h4-11,18-19H,3,12-13,20H2,1-2H3. The Labute approximate surface area is 127 Å². The molecule has 0 radical (unpaired) electrons. The van der Waals surface area contributed by atoms with Crippen LogP contribution in [0.1, 0.15) is 36.1 Å². The molecule has 0 bridgehead atoms. The van der Waals surface area contributed by atoms with Gasteiger partial charge in [0.25, 0.3) is 0 Å². The van der Waals surface area contributed by atoms with Crippen LogP contribution < -0.4 is 10.6 Å². The molecule has 2 N–H and O–H groups in total. The molecule has 0 saturated carbocycles. The van der Waals surface area contributed by atoms with E-state index in [0.29, 0.717) is 6.04 Å². The number of rotatable bonds is 3. The number of hydrogen-bond donors (Lipinski definition) is 1. The van der Waals surface area contributed by atoms with Crippen LogP contribution in [0, 0.1) is 6.92 Å². The fourth-order valence-electron chi connectivity index (χ4n) is 3.60. The lowest BCUT2D eigenvalue weighted by atomic mass is 9.83. The number of aryl methyl sites for hydroxylation is 2. The summed E-state index contributed by atoms with van der Waals surface area (Å²) in [6, 6.07) is 17.7. The Bertz CT molecular complexity index is 620. The second-order valence-corrected chi connectivity index (χ2v) is 5.90. The average Bonchev–Trinajstić information content (AvgIpc) is 2.52. The zero-order valence-corrected chi connectivity index (χ0v) is 12.9. The minimum Gasteiger partial charge on any atom is -0.367 e. The van der Waals surface area contributed by atoms with E-state index >= 15 is 0 Å². The molecule has 21 heavy (non-hydrogen) atoms. The summed E-state index contributed by atoms with van der Waals surface area (Å²) in [5.74, 6) is 0. The number of anilines is 1. The largest absolute Gasteiger partial charge is 0.367 e. The van der Waals surface area contributed by atoms with Crippen molar-refractivity contribution in [2.24, 2.45) is 5.73 Å². The summed E-state index contributed by atoms with van der Waals surface area (Å²) >= 11 is 0. The van der Waals surface area contributed by atoms with Crippen LogP contribution in [-0.4, -0.2) is 12.6 Å². The predicted octanol–water partition coefficient (Wildman–Crippen LogP) is 3.84. The summed E-state index contributed by atoms with van der Waals surface area (Å²) in [7, 11) is 0. The van der Waals surface area contributed by atoms with Crippen LogP contribution in [-0.2, 0) is 6.42 Å². The van der Waals surface area contributed by atoms with Gasteiger partial charge in [0, 0.05) is 18.3 Å². The normalized spacial score (nSPS) is 20.9. The molecule has 2 aromatic carbocycles. The summed E-state index contributed by atoms with van der Waals surface area (Å²) in [5.41, 5.74) is 12.0. The van der Waals surface area contributed by atoms with Gasteiger partial charge in [-0.1, -0.05) is 42.5 Å². The van der Waals surface area contributed by atoms with E-state index in [4.69, 9.17) is 5.73 Å². The second kappa shape index (κ2) is 5.90. The van der Waals surface area contributed by atoms with Gasteiger partial charge in [-0.2, -0.15) is 0 Å². The van der Waals surface area contributed by atoms with Gasteiger partial charge < -0.3 is 10.6 Å². The quantitative estimate of drug-likeness (QED) is 0.925. The highest BCUT2D eigenvalue weighted by molar-refractivity contribution is 5.55. The SMILES string of the molecule is CCN(c1ccccc1C)C1CCc2ccccc2C1N. The molecular weight excluding hydrogens is 256 g/mol. The van der Waals surface area contributed by atoms with Gasteiger partial charge in [0.2, 0.25) is 0 Å². The third kappa shape index (κ3) is 2.56. The van der Waals surface area contributed by atoms with Gasteiger partial charge in [-0.3, -0.25) is 0 Å².